The fraction of sp³-hybridized carbons (Fsp3) is 0.200. The van der Waals surface area contributed by atoms with Crippen molar-refractivity contribution < 1.29 is 4.42 Å². The summed E-state index contributed by atoms with van der Waals surface area (Å²) in [4.78, 5) is 8.44. The first-order valence-corrected chi connectivity index (χ1v) is 4.64. The number of nitrogens with two attached hydrogens (primary N) is 1. The molecular formula is C10H10N4O. The third-order valence-corrected chi connectivity index (χ3v) is 2.52. The number of anilines is 1. The molecule has 3 aromatic rings. The highest BCUT2D eigenvalue weighted by Gasteiger charge is 2.10. The number of imidazole rings is 1. The van der Waals surface area contributed by atoms with E-state index in [2.05, 4.69) is 9.97 Å². The Balaban J connectivity index is 2.51. The molecule has 0 amide bonds. The molecule has 0 saturated heterocycles. The minimum absolute atomic E-state index is 0.460. The average Bonchev–Trinajstić information content (AvgIpc) is 2.65. The van der Waals surface area contributed by atoms with Gasteiger partial charge >= 0.3 is 0 Å². The van der Waals surface area contributed by atoms with Gasteiger partial charge in [0.15, 0.2) is 5.65 Å². The van der Waals surface area contributed by atoms with E-state index in [0.29, 0.717) is 17.3 Å². The van der Waals surface area contributed by atoms with Gasteiger partial charge in [0.1, 0.15) is 5.76 Å². The number of hydrogen-bond donors (Lipinski definition) is 1. The van der Waals surface area contributed by atoms with Gasteiger partial charge in [0.2, 0.25) is 11.7 Å². The second-order valence-corrected chi connectivity index (χ2v) is 3.61. The minimum atomic E-state index is 0.460. The van der Waals surface area contributed by atoms with Gasteiger partial charge in [-0.25, -0.2) is 0 Å². The molecule has 0 atom stereocenters. The van der Waals surface area contributed by atoms with Gasteiger partial charge in [0.05, 0.1) is 5.52 Å². The van der Waals surface area contributed by atoms with Crippen LogP contribution in [0.25, 0.3) is 22.3 Å². The molecule has 0 aliphatic heterocycles. The van der Waals surface area contributed by atoms with Gasteiger partial charge in [0.25, 0.3) is 0 Å². The van der Waals surface area contributed by atoms with E-state index in [1.54, 1.807) is 0 Å². The number of aromatic nitrogens is 3. The summed E-state index contributed by atoms with van der Waals surface area (Å²) in [5.41, 5.74) is 7.84. The van der Waals surface area contributed by atoms with Crippen molar-refractivity contribution in [3.8, 4) is 0 Å². The van der Waals surface area contributed by atoms with Crippen LogP contribution in [-0.2, 0) is 7.05 Å². The molecule has 0 aromatic carbocycles. The van der Waals surface area contributed by atoms with Crippen LogP contribution < -0.4 is 5.73 Å². The van der Waals surface area contributed by atoms with Crippen molar-refractivity contribution >= 4 is 28.2 Å². The molecule has 15 heavy (non-hydrogen) atoms. The van der Waals surface area contributed by atoms with Crippen LogP contribution in [0.2, 0.25) is 0 Å². The summed E-state index contributed by atoms with van der Waals surface area (Å²) in [6.07, 6.45) is 0. The fourth-order valence-corrected chi connectivity index (χ4v) is 1.71. The maximum absolute atomic E-state index is 5.70. The molecule has 76 valence electrons. The first-order chi connectivity index (χ1) is 7.15. The molecule has 0 saturated carbocycles. The quantitative estimate of drug-likeness (QED) is 0.601. The van der Waals surface area contributed by atoms with Crippen LogP contribution in [0, 0.1) is 6.92 Å². The average molecular weight is 202 g/mol. The zero-order valence-electron chi connectivity index (χ0n) is 8.48. The van der Waals surface area contributed by atoms with Crippen LogP contribution >= 0.6 is 0 Å². The molecule has 0 unspecified atom stereocenters. The van der Waals surface area contributed by atoms with Crippen LogP contribution in [0.15, 0.2) is 16.5 Å². The number of furan rings is 1. The maximum atomic E-state index is 5.70. The van der Waals surface area contributed by atoms with Crippen molar-refractivity contribution in [2.45, 2.75) is 6.92 Å². The standard InChI is InChI=1S/C10H10N4O/c1-5-3-6-4-7-8(12-9(6)15-5)13-10(11)14(7)2/h3-4H,1-2H3,(H2,11,12,13). The van der Waals surface area contributed by atoms with Crippen molar-refractivity contribution in [3.63, 3.8) is 0 Å². The number of nitrogens with zero attached hydrogens (tertiary/aromatic N) is 3. The molecule has 3 aromatic heterocycles. The molecule has 2 N–H and O–H groups in total. The Hall–Kier alpha value is -2.04. The van der Waals surface area contributed by atoms with Crippen LogP contribution in [0.5, 0.6) is 0 Å². The van der Waals surface area contributed by atoms with Crippen molar-refractivity contribution in [2.75, 3.05) is 5.73 Å². The SMILES string of the molecule is Cc1cc2cc3c(nc(N)n3C)nc2o1. The Bertz CT molecular complexity index is 665. The molecule has 3 rings (SSSR count). The second-order valence-electron chi connectivity index (χ2n) is 3.61. The second kappa shape index (κ2) is 2.50. The van der Waals surface area contributed by atoms with Gasteiger partial charge in [0, 0.05) is 12.4 Å². The van der Waals surface area contributed by atoms with Gasteiger partial charge in [-0.2, -0.15) is 9.97 Å². The Morgan fingerprint density at radius 2 is 2.13 bits per heavy atom. The predicted molar refractivity (Wildman–Crippen MR) is 57.4 cm³/mol. The molecule has 0 aliphatic rings. The lowest BCUT2D eigenvalue weighted by Crippen LogP contribution is -1.95. The minimum Gasteiger partial charge on any atom is -0.443 e. The summed E-state index contributed by atoms with van der Waals surface area (Å²) in [6, 6.07) is 3.93. The largest absolute Gasteiger partial charge is 0.443 e. The number of fused-ring (bicyclic) bond motifs is 2. The lowest BCUT2D eigenvalue weighted by molar-refractivity contribution is 0.568. The summed E-state index contributed by atoms with van der Waals surface area (Å²) in [7, 11) is 1.87. The maximum Gasteiger partial charge on any atom is 0.228 e. The summed E-state index contributed by atoms with van der Waals surface area (Å²) >= 11 is 0. The molecule has 0 spiro atoms. The lowest BCUT2D eigenvalue weighted by atomic mass is 10.3. The van der Waals surface area contributed by atoms with E-state index in [1.807, 2.05) is 30.7 Å². The smallest absolute Gasteiger partial charge is 0.228 e. The summed E-state index contributed by atoms with van der Waals surface area (Å²) in [5.74, 6) is 1.31. The van der Waals surface area contributed by atoms with Crippen molar-refractivity contribution in [2.24, 2.45) is 7.05 Å². The topological polar surface area (TPSA) is 69.9 Å². The molecule has 0 aliphatic carbocycles. The molecule has 3 heterocycles. The van der Waals surface area contributed by atoms with E-state index in [0.717, 1.165) is 16.7 Å². The van der Waals surface area contributed by atoms with Gasteiger partial charge in [-0.05, 0) is 19.1 Å². The Kier molecular flexibility index (Phi) is 1.38. The van der Waals surface area contributed by atoms with Crippen LogP contribution in [-0.4, -0.2) is 14.5 Å². The molecule has 0 radical (unpaired) electrons. The van der Waals surface area contributed by atoms with Crippen LogP contribution in [0.3, 0.4) is 0 Å². The normalized spacial score (nSPS) is 11.6. The Morgan fingerprint density at radius 3 is 2.93 bits per heavy atom. The summed E-state index contributed by atoms with van der Waals surface area (Å²) < 4.78 is 7.23. The molecule has 5 heteroatoms. The third-order valence-electron chi connectivity index (χ3n) is 2.52. The van der Waals surface area contributed by atoms with Crippen molar-refractivity contribution in [1.82, 2.24) is 14.5 Å². The molecular weight excluding hydrogens is 192 g/mol. The van der Waals surface area contributed by atoms with Gasteiger partial charge in [-0.1, -0.05) is 0 Å². The number of rotatable bonds is 0. The third kappa shape index (κ3) is 1.03. The zero-order valence-corrected chi connectivity index (χ0v) is 8.48. The highest BCUT2D eigenvalue weighted by atomic mass is 16.3. The van der Waals surface area contributed by atoms with E-state index >= 15 is 0 Å². The molecule has 5 nitrogen and oxygen atoms in total. The highest BCUT2D eigenvalue weighted by Crippen LogP contribution is 2.23. The zero-order chi connectivity index (χ0) is 10.6. The number of aryl methyl sites for hydroxylation is 2. The summed E-state index contributed by atoms with van der Waals surface area (Å²) in [5, 5.41) is 0.975. The lowest BCUT2D eigenvalue weighted by Gasteiger charge is -1.94. The van der Waals surface area contributed by atoms with Crippen molar-refractivity contribution in [3.05, 3.63) is 17.9 Å². The number of hydrogen-bond acceptors (Lipinski definition) is 4. The van der Waals surface area contributed by atoms with E-state index in [1.165, 1.54) is 0 Å². The highest BCUT2D eigenvalue weighted by molar-refractivity contribution is 5.88. The summed E-state index contributed by atoms with van der Waals surface area (Å²) in [6.45, 7) is 1.90. The van der Waals surface area contributed by atoms with E-state index < -0.39 is 0 Å². The number of pyridine rings is 1. The van der Waals surface area contributed by atoms with Gasteiger partial charge in [-0.15, -0.1) is 0 Å². The van der Waals surface area contributed by atoms with E-state index in [-0.39, 0.29) is 0 Å². The first-order valence-electron chi connectivity index (χ1n) is 4.64. The van der Waals surface area contributed by atoms with Crippen LogP contribution in [0.1, 0.15) is 5.76 Å². The van der Waals surface area contributed by atoms with Crippen LogP contribution in [0.4, 0.5) is 5.95 Å². The fourth-order valence-electron chi connectivity index (χ4n) is 1.71. The Labute approximate surface area is 85.5 Å². The predicted octanol–water partition coefficient (Wildman–Crippen LogP) is 1.61. The molecule has 0 fully saturated rings. The Morgan fingerprint density at radius 1 is 1.33 bits per heavy atom. The number of nitrogen functional groups attached to an aromatic ring is 1. The molecule has 0 bridgehead atoms. The monoisotopic (exact) mass is 202 g/mol. The van der Waals surface area contributed by atoms with E-state index in [9.17, 15) is 0 Å². The van der Waals surface area contributed by atoms with E-state index in [4.69, 9.17) is 10.2 Å². The van der Waals surface area contributed by atoms with Gasteiger partial charge < -0.3 is 14.7 Å². The first kappa shape index (κ1) is 8.28. The van der Waals surface area contributed by atoms with Crippen molar-refractivity contribution in [1.29, 1.82) is 0 Å². The van der Waals surface area contributed by atoms with Gasteiger partial charge in [-0.3, -0.25) is 0 Å².